The van der Waals surface area contributed by atoms with Crippen molar-refractivity contribution in [3.8, 4) is 11.4 Å². The molecule has 0 fully saturated rings. The second-order valence-electron chi connectivity index (χ2n) is 6.01. The van der Waals surface area contributed by atoms with Crippen LogP contribution in [0.3, 0.4) is 0 Å². The van der Waals surface area contributed by atoms with Gasteiger partial charge in [0.1, 0.15) is 0 Å². The average molecular weight is 345 g/mol. The first kappa shape index (κ1) is 18.5. The minimum atomic E-state index is -0.919. The number of para-hydroxylation sites is 1. The van der Waals surface area contributed by atoms with E-state index in [1.807, 2.05) is 44.2 Å². The van der Waals surface area contributed by atoms with Crippen molar-refractivity contribution in [1.29, 1.82) is 0 Å². The average Bonchev–Trinajstić information content (AvgIpc) is 3.04. The van der Waals surface area contributed by atoms with Gasteiger partial charge in [-0.15, -0.1) is 0 Å². The monoisotopic (exact) mass is 345 g/mol. The molecule has 0 aliphatic carbocycles. The zero-order chi connectivity index (χ0) is 18.4. The van der Waals surface area contributed by atoms with Crippen LogP contribution in [0.15, 0.2) is 36.5 Å². The van der Waals surface area contributed by atoms with Crippen molar-refractivity contribution in [3.05, 3.63) is 42.2 Å². The Morgan fingerprint density at radius 3 is 2.48 bits per heavy atom. The van der Waals surface area contributed by atoms with E-state index in [1.54, 1.807) is 6.20 Å². The van der Waals surface area contributed by atoms with Crippen molar-refractivity contribution in [2.45, 2.75) is 26.9 Å². The molecule has 0 spiro atoms. The number of hydrogen-bond donors (Lipinski definition) is 1. The van der Waals surface area contributed by atoms with Crippen molar-refractivity contribution >= 4 is 11.9 Å². The Balaban J connectivity index is 2.11. The van der Waals surface area contributed by atoms with Crippen molar-refractivity contribution in [3.63, 3.8) is 0 Å². The van der Waals surface area contributed by atoms with Crippen LogP contribution in [0.2, 0.25) is 0 Å². The summed E-state index contributed by atoms with van der Waals surface area (Å²) >= 11 is 0. The summed E-state index contributed by atoms with van der Waals surface area (Å²) in [5.74, 6) is -0.459. The van der Waals surface area contributed by atoms with Crippen molar-refractivity contribution < 1.29 is 19.1 Å². The maximum atomic E-state index is 12.4. The van der Waals surface area contributed by atoms with Gasteiger partial charge in [-0.25, -0.2) is 9.48 Å². The number of nitrogens with zero attached hydrogens (tertiary/aromatic N) is 2. The minimum absolute atomic E-state index is 0.0230. The highest BCUT2D eigenvalue weighted by Crippen LogP contribution is 2.20. The van der Waals surface area contributed by atoms with Gasteiger partial charge < -0.3 is 14.8 Å². The first-order valence-corrected chi connectivity index (χ1v) is 8.10. The molecule has 1 N–H and O–H groups in total. The molecule has 1 aromatic carbocycles. The van der Waals surface area contributed by atoms with Gasteiger partial charge in [-0.1, -0.05) is 32.0 Å². The van der Waals surface area contributed by atoms with E-state index in [0.29, 0.717) is 12.5 Å². The summed E-state index contributed by atoms with van der Waals surface area (Å²) in [5.41, 5.74) is 0.803. The SMILES string of the molecule is COc1cn(-c2ccccc2)nc1C(=O)O[C@@H](C)C(=O)NCC(C)C. The molecule has 1 atom stereocenters. The number of rotatable bonds is 7. The third-order valence-electron chi connectivity index (χ3n) is 3.45. The zero-order valence-electron chi connectivity index (χ0n) is 14.9. The fraction of sp³-hybridized carbons (Fsp3) is 0.389. The van der Waals surface area contributed by atoms with Crippen molar-refractivity contribution in [2.75, 3.05) is 13.7 Å². The summed E-state index contributed by atoms with van der Waals surface area (Å²) in [6.07, 6.45) is 0.674. The number of carbonyl (C=O) groups excluding carboxylic acids is 2. The Kier molecular flexibility index (Phi) is 6.16. The predicted molar refractivity (Wildman–Crippen MR) is 92.8 cm³/mol. The van der Waals surface area contributed by atoms with E-state index in [-0.39, 0.29) is 17.4 Å². The number of ether oxygens (including phenoxy) is 2. The molecule has 0 aliphatic heterocycles. The van der Waals surface area contributed by atoms with Crippen LogP contribution >= 0.6 is 0 Å². The van der Waals surface area contributed by atoms with Crippen molar-refractivity contribution in [1.82, 2.24) is 15.1 Å². The summed E-state index contributed by atoms with van der Waals surface area (Å²) in [5, 5.41) is 6.95. The summed E-state index contributed by atoms with van der Waals surface area (Å²) in [6.45, 7) is 6.01. The number of carbonyl (C=O) groups is 2. The number of esters is 1. The molecule has 0 unspecified atom stereocenters. The van der Waals surface area contributed by atoms with Crippen molar-refractivity contribution in [2.24, 2.45) is 5.92 Å². The fourth-order valence-corrected chi connectivity index (χ4v) is 2.08. The number of methoxy groups -OCH3 is 1. The molecule has 1 heterocycles. The molecule has 0 bridgehead atoms. The van der Waals surface area contributed by atoms with Gasteiger partial charge in [0.15, 0.2) is 11.9 Å². The zero-order valence-corrected chi connectivity index (χ0v) is 14.9. The third kappa shape index (κ3) is 4.82. The number of benzene rings is 1. The summed E-state index contributed by atoms with van der Waals surface area (Å²) < 4.78 is 11.9. The third-order valence-corrected chi connectivity index (χ3v) is 3.45. The van der Waals surface area contributed by atoms with Gasteiger partial charge in [0.25, 0.3) is 5.91 Å². The maximum absolute atomic E-state index is 12.4. The molecule has 0 saturated carbocycles. The smallest absolute Gasteiger partial charge is 0.363 e. The molecule has 7 heteroatoms. The summed E-state index contributed by atoms with van der Waals surface area (Å²) in [7, 11) is 1.45. The van der Waals surface area contributed by atoms with Gasteiger partial charge in [0, 0.05) is 6.54 Å². The van der Waals surface area contributed by atoms with E-state index < -0.39 is 12.1 Å². The molecular weight excluding hydrogens is 322 g/mol. The number of aromatic nitrogens is 2. The van der Waals surface area contributed by atoms with Crippen LogP contribution in [0, 0.1) is 5.92 Å². The Hall–Kier alpha value is -2.83. The molecule has 0 radical (unpaired) electrons. The standard InChI is InChI=1S/C18H23N3O4/c1-12(2)10-19-17(22)13(3)25-18(23)16-15(24-4)11-21(20-16)14-8-6-5-7-9-14/h5-9,11-13H,10H2,1-4H3,(H,19,22)/t13-/m0/s1. The largest absolute Gasteiger partial charge is 0.493 e. The predicted octanol–water partition coefficient (Wildman–Crippen LogP) is 2.20. The molecule has 0 aliphatic rings. The van der Waals surface area contributed by atoms with Gasteiger partial charge in [0.05, 0.1) is 19.0 Å². The van der Waals surface area contributed by atoms with Crippen LogP contribution in [0.25, 0.3) is 5.69 Å². The first-order chi connectivity index (χ1) is 11.9. The second kappa shape index (κ2) is 8.32. The highest BCUT2D eigenvalue weighted by Gasteiger charge is 2.24. The molecule has 2 aromatic rings. The Morgan fingerprint density at radius 2 is 1.88 bits per heavy atom. The highest BCUT2D eigenvalue weighted by atomic mass is 16.6. The minimum Gasteiger partial charge on any atom is -0.493 e. The topological polar surface area (TPSA) is 82.5 Å². The van der Waals surface area contributed by atoms with Crippen LogP contribution in [0.4, 0.5) is 0 Å². The van der Waals surface area contributed by atoms with E-state index in [1.165, 1.54) is 18.7 Å². The Morgan fingerprint density at radius 1 is 1.20 bits per heavy atom. The van der Waals surface area contributed by atoms with Crippen LogP contribution in [-0.4, -0.2) is 41.4 Å². The van der Waals surface area contributed by atoms with Gasteiger partial charge in [-0.2, -0.15) is 5.10 Å². The lowest BCUT2D eigenvalue weighted by atomic mass is 10.2. The lowest BCUT2D eigenvalue weighted by Crippen LogP contribution is -2.37. The van der Waals surface area contributed by atoms with E-state index >= 15 is 0 Å². The Labute approximate surface area is 146 Å². The lowest BCUT2D eigenvalue weighted by Gasteiger charge is -2.14. The molecule has 25 heavy (non-hydrogen) atoms. The molecule has 1 amide bonds. The highest BCUT2D eigenvalue weighted by molar-refractivity contribution is 5.92. The van der Waals surface area contributed by atoms with Crippen LogP contribution in [0.5, 0.6) is 5.75 Å². The van der Waals surface area contributed by atoms with Crippen LogP contribution < -0.4 is 10.1 Å². The fourth-order valence-electron chi connectivity index (χ4n) is 2.08. The van der Waals surface area contributed by atoms with E-state index in [0.717, 1.165) is 5.69 Å². The molecule has 0 saturated heterocycles. The summed E-state index contributed by atoms with van der Waals surface area (Å²) in [4.78, 5) is 24.3. The van der Waals surface area contributed by atoms with E-state index in [9.17, 15) is 9.59 Å². The molecular formula is C18H23N3O4. The van der Waals surface area contributed by atoms with Gasteiger partial charge >= 0.3 is 5.97 Å². The van der Waals surface area contributed by atoms with Gasteiger partial charge in [-0.05, 0) is 25.0 Å². The Bertz CT molecular complexity index is 725. The second-order valence-corrected chi connectivity index (χ2v) is 6.01. The maximum Gasteiger partial charge on any atom is 0.363 e. The number of hydrogen-bond acceptors (Lipinski definition) is 5. The number of amides is 1. The lowest BCUT2D eigenvalue weighted by molar-refractivity contribution is -0.129. The van der Waals surface area contributed by atoms with Crippen LogP contribution in [-0.2, 0) is 9.53 Å². The first-order valence-electron chi connectivity index (χ1n) is 8.10. The molecule has 2 rings (SSSR count). The van der Waals surface area contributed by atoms with Crippen LogP contribution in [0.1, 0.15) is 31.3 Å². The van der Waals surface area contributed by atoms with Gasteiger partial charge in [-0.3, -0.25) is 4.79 Å². The summed E-state index contributed by atoms with van der Waals surface area (Å²) in [6, 6.07) is 9.31. The molecule has 1 aromatic heterocycles. The number of nitrogens with one attached hydrogen (secondary N) is 1. The molecule has 7 nitrogen and oxygen atoms in total. The van der Waals surface area contributed by atoms with E-state index in [2.05, 4.69) is 10.4 Å². The normalized spacial score (nSPS) is 11.9. The molecule has 134 valence electrons. The van der Waals surface area contributed by atoms with E-state index in [4.69, 9.17) is 9.47 Å². The van der Waals surface area contributed by atoms with Gasteiger partial charge in [0.2, 0.25) is 5.69 Å². The quantitative estimate of drug-likeness (QED) is 0.778.